The van der Waals surface area contributed by atoms with Crippen LogP contribution in [0.3, 0.4) is 0 Å². The molecule has 30 heavy (non-hydrogen) atoms. The first-order chi connectivity index (χ1) is 14.7. The second-order valence-electron chi connectivity index (χ2n) is 7.82. The van der Waals surface area contributed by atoms with Gasteiger partial charge in [-0.15, -0.1) is 0 Å². The Morgan fingerprint density at radius 2 is 1.87 bits per heavy atom. The molecule has 1 aliphatic carbocycles. The van der Waals surface area contributed by atoms with Crippen molar-refractivity contribution in [2.75, 3.05) is 11.9 Å². The van der Waals surface area contributed by atoms with Crippen molar-refractivity contribution < 1.29 is 9.53 Å². The predicted molar refractivity (Wildman–Crippen MR) is 117 cm³/mol. The highest BCUT2D eigenvalue weighted by molar-refractivity contribution is 6.01. The third kappa shape index (κ3) is 3.02. The van der Waals surface area contributed by atoms with Gasteiger partial charge in [0.05, 0.1) is 18.0 Å². The molecule has 0 saturated carbocycles. The number of anilines is 1. The van der Waals surface area contributed by atoms with Gasteiger partial charge < -0.3 is 10.1 Å². The summed E-state index contributed by atoms with van der Waals surface area (Å²) in [5, 5.41) is 8.44. The lowest BCUT2D eigenvalue weighted by Crippen LogP contribution is -2.27. The van der Waals surface area contributed by atoms with Crippen LogP contribution in [0.1, 0.15) is 48.9 Å². The summed E-state index contributed by atoms with van der Waals surface area (Å²) in [5.41, 5.74) is 6.05. The number of hydrogen-bond donors (Lipinski definition) is 1. The van der Waals surface area contributed by atoms with Crippen molar-refractivity contribution in [3.63, 3.8) is 0 Å². The van der Waals surface area contributed by atoms with E-state index in [1.165, 1.54) is 0 Å². The van der Waals surface area contributed by atoms with E-state index in [-0.39, 0.29) is 11.7 Å². The lowest BCUT2D eigenvalue weighted by molar-refractivity contribution is -0.116. The van der Waals surface area contributed by atoms with E-state index < -0.39 is 0 Å². The maximum Gasteiger partial charge on any atom is 0.161 e. The van der Waals surface area contributed by atoms with Crippen molar-refractivity contribution in [2.24, 2.45) is 0 Å². The van der Waals surface area contributed by atoms with E-state index in [0.29, 0.717) is 13.0 Å². The standard InChI is InChI=1S/C25H25N3O2/c1-3-30-19-14-12-17(13-15-19)23-22-16(2)27-28(18-8-5-4-6-9-18)25(22)26-20-10-7-11-21(29)24(20)23/h4-6,8-9,12-15,23,26H,3,7,10-11H2,1-2H3/t23-/m1/s1. The van der Waals surface area contributed by atoms with Gasteiger partial charge in [0.2, 0.25) is 0 Å². The van der Waals surface area contributed by atoms with Gasteiger partial charge in [-0.25, -0.2) is 4.68 Å². The molecule has 0 amide bonds. The van der Waals surface area contributed by atoms with E-state index in [1.807, 2.05) is 48.9 Å². The lowest BCUT2D eigenvalue weighted by Gasteiger charge is -2.33. The normalized spacial score (nSPS) is 17.9. The minimum atomic E-state index is -0.114. The van der Waals surface area contributed by atoms with E-state index in [2.05, 4.69) is 29.6 Å². The number of para-hydroxylation sites is 1. The molecule has 0 spiro atoms. The summed E-state index contributed by atoms with van der Waals surface area (Å²) >= 11 is 0. The van der Waals surface area contributed by atoms with Crippen molar-refractivity contribution in [1.29, 1.82) is 0 Å². The number of ketones is 1. The second kappa shape index (κ2) is 7.48. The topological polar surface area (TPSA) is 56.1 Å². The number of hydrogen-bond acceptors (Lipinski definition) is 4. The summed E-state index contributed by atoms with van der Waals surface area (Å²) in [5.74, 6) is 1.93. The molecule has 0 radical (unpaired) electrons. The Balaban J connectivity index is 1.69. The van der Waals surface area contributed by atoms with Crippen LogP contribution in [0.2, 0.25) is 0 Å². The number of carbonyl (C=O) groups excluding carboxylic acids is 1. The third-order valence-corrected chi connectivity index (χ3v) is 5.93. The number of aryl methyl sites for hydroxylation is 1. The molecule has 0 bridgehead atoms. The molecule has 5 heteroatoms. The van der Waals surface area contributed by atoms with Crippen LogP contribution in [0, 0.1) is 6.92 Å². The Labute approximate surface area is 176 Å². The Hall–Kier alpha value is -3.34. The molecule has 5 nitrogen and oxygen atoms in total. The number of fused-ring (bicyclic) bond motifs is 1. The molecule has 0 fully saturated rings. The Bertz CT molecular complexity index is 1130. The highest BCUT2D eigenvalue weighted by atomic mass is 16.5. The van der Waals surface area contributed by atoms with Crippen molar-refractivity contribution in [3.8, 4) is 11.4 Å². The van der Waals surface area contributed by atoms with Gasteiger partial charge in [0, 0.05) is 29.2 Å². The minimum absolute atomic E-state index is 0.114. The summed E-state index contributed by atoms with van der Waals surface area (Å²) in [7, 11) is 0. The van der Waals surface area contributed by atoms with Crippen LogP contribution in [0.25, 0.3) is 5.69 Å². The van der Waals surface area contributed by atoms with Gasteiger partial charge in [0.25, 0.3) is 0 Å². The Morgan fingerprint density at radius 3 is 2.60 bits per heavy atom. The van der Waals surface area contributed by atoms with Crippen molar-refractivity contribution in [1.82, 2.24) is 9.78 Å². The fourth-order valence-corrected chi connectivity index (χ4v) is 4.63. The van der Waals surface area contributed by atoms with E-state index >= 15 is 0 Å². The summed E-state index contributed by atoms with van der Waals surface area (Å²) in [6.45, 7) is 4.64. The van der Waals surface area contributed by atoms with Crippen LogP contribution < -0.4 is 10.1 Å². The number of Topliss-reactive ketones (excluding diaryl/α,β-unsaturated/α-hetero) is 1. The number of rotatable bonds is 4. The van der Waals surface area contributed by atoms with Gasteiger partial charge in [0.1, 0.15) is 11.6 Å². The van der Waals surface area contributed by atoms with Gasteiger partial charge in [-0.3, -0.25) is 4.79 Å². The maximum absolute atomic E-state index is 13.0. The molecule has 1 N–H and O–H groups in total. The van der Waals surface area contributed by atoms with Crippen molar-refractivity contribution in [2.45, 2.75) is 39.0 Å². The summed E-state index contributed by atoms with van der Waals surface area (Å²) in [6.07, 6.45) is 2.37. The van der Waals surface area contributed by atoms with Gasteiger partial charge in [-0.1, -0.05) is 30.3 Å². The largest absolute Gasteiger partial charge is 0.494 e. The number of nitrogens with one attached hydrogen (secondary N) is 1. The molecule has 152 valence electrons. The second-order valence-corrected chi connectivity index (χ2v) is 7.82. The van der Waals surface area contributed by atoms with Crippen LogP contribution >= 0.6 is 0 Å². The summed E-state index contributed by atoms with van der Waals surface area (Å²) in [6, 6.07) is 18.3. The van der Waals surface area contributed by atoms with E-state index in [9.17, 15) is 4.79 Å². The molecule has 1 aromatic heterocycles. The fourth-order valence-electron chi connectivity index (χ4n) is 4.63. The van der Waals surface area contributed by atoms with Crippen LogP contribution in [-0.2, 0) is 4.79 Å². The molecule has 2 aliphatic rings. The maximum atomic E-state index is 13.0. The minimum Gasteiger partial charge on any atom is -0.494 e. The SMILES string of the molecule is CCOc1ccc([C@H]2C3=C(CCCC3=O)Nc3c2c(C)nn3-c2ccccc2)cc1. The van der Waals surface area contributed by atoms with Crippen LogP contribution in [0.4, 0.5) is 5.82 Å². The lowest BCUT2D eigenvalue weighted by atomic mass is 9.76. The average Bonchev–Trinajstić information content (AvgIpc) is 3.10. The zero-order valence-corrected chi connectivity index (χ0v) is 17.3. The summed E-state index contributed by atoms with van der Waals surface area (Å²) < 4.78 is 7.59. The molecule has 1 atom stereocenters. The molecular formula is C25H25N3O2. The van der Waals surface area contributed by atoms with Gasteiger partial charge >= 0.3 is 0 Å². The molecule has 3 aromatic rings. The van der Waals surface area contributed by atoms with E-state index in [1.54, 1.807) is 0 Å². The number of nitrogens with zero attached hydrogens (tertiary/aromatic N) is 2. The van der Waals surface area contributed by atoms with Gasteiger partial charge in [0.15, 0.2) is 5.78 Å². The first-order valence-corrected chi connectivity index (χ1v) is 10.6. The molecular weight excluding hydrogens is 374 g/mol. The van der Waals surface area contributed by atoms with Gasteiger partial charge in [-0.2, -0.15) is 5.10 Å². The van der Waals surface area contributed by atoms with Crippen molar-refractivity contribution >= 4 is 11.6 Å². The first-order valence-electron chi connectivity index (χ1n) is 10.6. The number of benzene rings is 2. The number of allylic oxidation sites excluding steroid dienone is 2. The highest BCUT2D eigenvalue weighted by Crippen LogP contribution is 2.47. The van der Waals surface area contributed by atoms with Crippen LogP contribution in [0.5, 0.6) is 5.75 Å². The summed E-state index contributed by atoms with van der Waals surface area (Å²) in [4.78, 5) is 13.0. The molecule has 0 saturated heterocycles. The monoisotopic (exact) mass is 399 g/mol. The van der Waals surface area contributed by atoms with E-state index in [0.717, 1.165) is 58.2 Å². The van der Waals surface area contributed by atoms with E-state index in [4.69, 9.17) is 9.84 Å². The molecule has 0 unspecified atom stereocenters. The highest BCUT2D eigenvalue weighted by Gasteiger charge is 2.38. The van der Waals surface area contributed by atoms with Crippen LogP contribution in [0.15, 0.2) is 65.9 Å². The average molecular weight is 399 g/mol. The molecule has 2 heterocycles. The zero-order valence-electron chi connectivity index (χ0n) is 17.3. The first kappa shape index (κ1) is 18.7. The van der Waals surface area contributed by atoms with Gasteiger partial charge in [-0.05, 0) is 56.5 Å². The molecule has 5 rings (SSSR count). The fraction of sp³-hybridized carbons (Fsp3) is 0.280. The number of aromatic nitrogens is 2. The molecule has 1 aliphatic heterocycles. The Morgan fingerprint density at radius 1 is 1.10 bits per heavy atom. The number of carbonyl (C=O) groups is 1. The predicted octanol–water partition coefficient (Wildman–Crippen LogP) is 5.14. The zero-order chi connectivity index (χ0) is 20.7. The molecule has 2 aromatic carbocycles. The Kier molecular flexibility index (Phi) is 4.66. The third-order valence-electron chi connectivity index (χ3n) is 5.93. The quantitative estimate of drug-likeness (QED) is 0.660. The number of ether oxygens (including phenoxy) is 1. The van der Waals surface area contributed by atoms with Crippen molar-refractivity contribution in [3.05, 3.63) is 82.7 Å². The van der Waals surface area contributed by atoms with Crippen LogP contribution in [-0.4, -0.2) is 22.2 Å². The smallest absolute Gasteiger partial charge is 0.161 e.